The molecule has 0 aliphatic heterocycles. The first kappa shape index (κ1) is 21.5. The SMILES string of the molecule is Cc1nc(C2CCCC2)sc1Oc1ccc(-n2ncn(Cc3c(F)cccc3F)c2=O)cc1. The van der Waals surface area contributed by atoms with Crippen LogP contribution in [0.4, 0.5) is 8.78 Å². The molecule has 0 unspecified atom stereocenters. The van der Waals surface area contributed by atoms with Crippen molar-refractivity contribution in [3.05, 3.63) is 87.2 Å². The molecule has 1 aliphatic carbocycles. The molecule has 2 aromatic carbocycles. The third-order valence-corrected chi connectivity index (χ3v) is 7.09. The van der Waals surface area contributed by atoms with Crippen molar-refractivity contribution in [2.24, 2.45) is 0 Å². The minimum absolute atomic E-state index is 0.181. The lowest BCUT2D eigenvalue weighted by Crippen LogP contribution is -2.24. The average Bonchev–Trinajstić information content (AvgIpc) is 3.54. The first-order chi connectivity index (χ1) is 16.0. The van der Waals surface area contributed by atoms with E-state index in [1.807, 2.05) is 6.92 Å². The molecule has 0 spiro atoms. The first-order valence-electron chi connectivity index (χ1n) is 10.8. The number of hydrogen-bond acceptors (Lipinski definition) is 5. The van der Waals surface area contributed by atoms with Gasteiger partial charge in [0.25, 0.3) is 0 Å². The number of hydrogen-bond donors (Lipinski definition) is 0. The van der Waals surface area contributed by atoms with Crippen molar-refractivity contribution in [1.29, 1.82) is 0 Å². The number of rotatable bonds is 6. The maximum Gasteiger partial charge on any atom is 0.350 e. The van der Waals surface area contributed by atoms with Gasteiger partial charge in [0.1, 0.15) is 23.7 Å². The summed E-state index contributed by atoms with van der Waals surface area (Å²) >= 11 is 1.60. The zero-order valence-corrected chi connectivity index (χ0v) is 18.8. The van der Waals surface area contributed by atoms with Gasteiger partial charge in [0.2, 0.25) is 5.06 Å². The van der Waals surface area contributed by atoms with Gasteiger partial charge in [-0.2, -0.15) is 9.78 Å². The zero-order chi connectivity index (χ0) is 22.9. The Balaban J connectivity index is 1.33. The van der Waals surface area contributed by atoms with Gasteiger partial charge in [-0.05, 0) is 56.2 Å². The number of halogens is 2. The maximum atomic E-state index is 13.9. The van der Waals surface area contributed by atoms with E-state index in [2.05, 4.69) is 5.10 Å². The lowest BCUT2D eigenvalue weighted by molar-refractivity contribution is 0.491. The van der Waals surface area contributed by atoms with Crippen LogP contribution in [0.1, 0.15) is 47.9 Å². The number of ether oxygens (including phenoxy) is 1. The lowest BCUT2D eigenvalue weighted by Gasteiger charge is -2.06. The number of thiazole rings is 1. The minimum atomic E-state index is -0.703. The van der Waals surface area contributed by atoms with Crippen LogP contribution in [0.5, 0.6) is 10.8 Å². The molecule has 0 radical (unpaired) electrons. The molecule has 5 rings (SSSR count). The van der Waals surface area contributed by atoms with Gasteiger partial charge in [-0.1, -0.05) is 30.2 Å². The van der Waals surface area contributed by atoms with Crippen LogP contribution in [-0.2, 0) is 6.54 Å². The van der Waals surface area contributed by atoms with Crippen molar-refractivity contribution in [2.45, 2.75) is 45.1 Å². The molecule has 6 nitrogen and oxygen atoms in total. The second-order valence-electron chi connectivity index (χ2n) is 8.16. The summed E-state index contributed by atoms with van der Waals surface area (Å²) in [5.41, 5.74) is 0.722. The molecule has 1 saturated carbocycles. The van der Waals surface area contributed by atoms with E-state index >= 15 is 0 Å². The van der Waals surface area contributed by atoms with Crippen LogP contribution in [0.25, 0.3) is 5.69 Å². The molecule has 0 atom stereocenters. The highest BCUT2D eigenvalue weighted by Crippen LogP contribution is 2.41. The van der Waals surface area contributed by atoms with Crippen molar-refractivity contribution in [3.8, 4) is 16.5 Å². The van der Waals surface area contributed by atoms with Crippen LogP contribution in [0, 0.1) is 18.6 Å². The van der Waals surface area contributed by atoms with Crippen molar-refractivity contribution >= 4 is 11.3 Å². The van der Waals surface area contributed by atoms with Crippen LogP contribution in [0.15, 0.2) is 53.6 Å². The molecule has 1 aliphatic rings. The fourth-order valence-electron chi connectivity index (χ4n) is 4.08. The van der Waals surface area contributed by atoms with Gasteiger partial charge in [-0.25, -0.2) is 18.6 Å². The van der Waals surface area contributed by atoms with Crippen molar-refractivity contribution in [1.82, 2.24) is 19.3 Å². The van der Waals surface area contributed by atoms with Gasteiger partial charge in [-0.3, -0.25) is 4.57 Å². The largest absolute Gasteiger partial charge is 0.445 e. The molecule has 4 aromatic rings. The number of benzene rings is 2. The van der Waals surface area contributed by atoms with Crippen LogP contribution in [0.2, 0.25) is 0 Å². The molecule has 0 N–H and O–H groups in total. The number of aromatic nitrogens is 4. The molecule has 0 saturated heterocycles. The summed E-state index contributed by atoms with van der Waals surface area (Å²) in [5.74, 6) is -0.242. The first-order valence-corrected chi connectivity index (χ1v) is 11.6. The Morgan fingerprint density at radius 3 is 2.48 bits per heavy atom. The Labute approximate surface area is 193 Å². The van der Waals surface area contributed by atoms with Gasteiger partial charge < -0.3 is 4.74 Å². The zero-order valence-electron chi connectivity index (χ0n) is 18.0. The number of aryl methyl sites for hydroxylation is 1. The van der Waals surface area contributed by atoms with E-state index in [9.17, 15) is 13.6 Å². The van der Waals surface area contributed by atoms with E-state index in [0.29, 0.717) is 17.4 Å². The Kier molecular flexibility index (Phi) is 5.80. The molecular weight excluding hydrogens is 446 g/mol. The third kappa shape index (κ3) is 4.32. The average molecular weight is 469 g/mol. The van der Waals surface area contributed by atoms with Crippen LogP contribution in [0.3, 0.4) is 0 Å². The van der Waals surface area contributed by atoms with Crippen molar-refractivity contribution in [2.75, 3.05) is 0 Å². The summed E-state index contributed by atoms with van der Waals surface area (Å²) in [7, 11) is 0. The molecule has 0 bridgehead atoms. The summed E-state index contributed by atoms with van der Waals surface area (Å²) in [6, 6.07) is 10.5. The topological polar surface area (TPSA) is 61.9 Å². The second-order valence-corrected chi connectivity index (χ2v) is 9.15. The predicted octanol–water partition coefficient (Wildman–Crippen LogP) is 5.58. The standard InChI is InChI=1S/C24H22F2N4O2S/c1-15-23(33-22(28-15)16-5-2-3-6-16)32-18-11-9-17(10-12-18)30-24(31)29(14-27-30)13-19-20(25)7-4-8-21(19)26/h4,7-12,14,16H,2-3,5-6,13H2,1H3. The lowest BCUT2D eigenvalue weighted by atomic mass is 10.1. The van der Waals surface area contributed by atoms with Crippen molar-refractivity contribution < 1.29 is 13.5 Å². The van der Waals surface area contributed by atoms with Crippen LogP contribution < -0.4 is 10.4 Å². The summed E-state index contributed by atoms with van der Waals surface area (Å²) < 4.78 is 36.3. The van der Waals surface area contributed by atoms with Gasteiger partial charge in [-0.15, -0.1) is 0 Å². The Hall–Kier alpha value is -3.33. The molecule has 2 heterocycles. The van der Waals surface area contributed by atoms with E-state index in [-0.39, 0.29) is 12.1 Å². The number of nitrogens with zero attached hydrogens (tertiary/aromatic N) is 4. The molecule has 9 heteroatoms. The predicted molar refractivity (Wildman–Crippen MR) is 121 cm³/mol. The van der Waals surface area contributed by atoms with Crippen LogP contribution in [-0.4, -0.2) is 19.3 Å². The minimum Gasteiger partial charge on any atom is -0.445 e. The van der Waals surface area contributed by atoms with Crippen LogP contribution >= 0.6 is 11.3 Å². The summed E-state index contributed by atoms with van der Waals surface area (Å²) in [6.45, 7) is 1.70. The normalized spacial score (nSPS) is 14.2. The second kappa shape index (κ2) is 8.90. The quantitative estimate of drug-likeness (QED) is 0.371. The summed E-state index contributed by atoms with van der Waals surface area (Å²) in [6.07, 6.45) is 6.15. The third-order valence-electron chi connectivity index (χ3n) is 5.89. The van der Waals surface area contributed by atoms with Gasteiger partial charge in [0.15, 0.2) is 0 Å². The van der Waals surface area contributed by atoms with E-state index in [1.165, 1.54) is 42.8 Å². The van der Waals surface area contributed by atoms with E-state index < -0.39 is 17.3 Å². The van der Waals surface area contributed by atoms with Gasteiger partial charge in [0.05, 0.1) is 22.9 Å². The highest BCUT2D eigenvalue weighted by molar-refractivity contribution is 7.13. The molecule has 33 heavy (non-hydrogen) atoms. The fraction of sp³-hybridized carbons (Fsp3) is 0.292. The molecule has 1 fully saturated rings. The highest BCUT2D eigenvalue weighted by atomic mass is 32.1. The van der Waals surface area contributed by atoms with E-state index in [0.717, 1.165) is 32.5 Å². The van der Waals surface area contributed by atoms with Gasteiger partial charge in [0, 0.05) is 11.5 Å². The van der Waals surface area contributed by atoms with E-state index in [1.54, 1.807) is 35.6 Å². The summed E-state index contributed by atoms with van der Waals surface area (Å²) in [4.78, 5) is 17.4. The fourth-order valence-corrected chi connectivity index (χ4v) is 5.19. The van der Waals surface area contributed by atoms with E-state index in [4.69, 9.17) is 9.72 Å². The Morgan fingerprint density at radius 1 is 1.09 bits per heavy atom. The summed E-state index contributed by atoms with van der Waals surface area (Å²) in [5, 5.41) is 6.00. The van der Waals surface area contributed by atoms with Gasteiger partial charge >= 0.3 is 5.69 Å². The molecular formula is C24H22F2N4O2S. The molecule has 170 valence electrons. The monoisotopic (exact) mass is 468 g/mol. The Morgan fingerprint density at radius 2 is 1.79 bits per heavy atom. The smallest absolute Gasteiger partial charge is 0.350 e. The Bertz CT molecular complexity index is 1320. The molecule has 0 amide bonds. The van der Waals surface area contributed by atoms with Crippen molar-refractivity contribution in [3.63, 3.8) is 0 Å². The highest BCUT2D eigenvalue weighted by Gasteiger charge is 2.22. The maximum absolute atomic E-state index is 13.9. The molecule has 2 aromatic heterocycles.